The second-order valence-corrected chi connectivity index (χ2v) is 6.34. The van der Waals surface area contributed by atoms with E-state index in [1.165, 1.54) is 18.6 Å². The van der Waals surface area contributed by atoms with Gasteiger partial charge in [0.2, 0.25) is 0 Å². The molecule has 1 aliphatic rings. The zero-order valence-corrected chi connectivity index (χ0v) is 16.1. The summed E-state index contributed by atoms with van der Waals surface area (Å²) in [7, 11) is 1.97. The van der Waals surface area contributed by atoms with E-state index in [0.717, 1.165) is 35.9 Å². The maximum absolute atomic E-state index is 4.58. The van der Waals surface area contributed by atoms with Gasteiger partial charge in [-0.2, -0.15) is 11.8 Å². The molecule has 0 radical (unpaired) electrons. The summed E-state index contributed by atoms with van der Waals surface area (Å²) >= 11 is 2.05. The Morgan fingerprint density at radius 2 is 2.24 bits per heavy atom. The summed E-state index contributed by atoms with van der Waals surface area (Å²) in [5, 5.41) is 15.6. The second kappa shape index (κ2) is 9.50. The van der Waals surface area contributed by atoms with Crippen LogP contribution >= 0.6 is 35.7 Å². The number of hydrogen-bond donors (Lipinski definition) is 2. The predicted molar refractivity (Wildman–Crippen MR) is 99.5 cm³/mol. The Hall–Kier alpha value is -0.510. The lowest BCUT2D eigenvalue weighted by atomic mass is 10.2. The van der Waals surface area contributed by atoms with Gasteiger partial charge in [-0.3, -0.25) is 0 Å². The topological polar surface area (TPSA) is 67.1 Å². The Morgan fingerprint density at radius 3 is 2.81 bits per heavy atom. The molecule has 0 bridgehead atoms. The lowest BCUT2D eigenvalue weighted by molar-refractivity contribution is 0.719. The molecule has 1 fully saturated rings. The van der Waals surface area contributed by atoms with Crippen molar-refractivity contribution in [1.29, 1.82) is 0 Å². The van der Waals surface area contributed by atoms with E-state index >= 15 is 0 Å². The standard InChI is InChI=1S/C13H24N6S.HI/c1-4-14-13(15-8-11-6-5-7-20-11)16-9-12-18-17-10(2)19(12)3;/h11H,4-9H2,1-3H3,(H2,14,15,16);1H. The first-order valence-corrected chi connectivity index (χ1v) is 8.24. The lowest BCUT2D eigenvalue weighted by Gasteiger charge is -2.14. The van der Waals surface area contributed by atoms with Crippen LogP contribution in [0.3, 0.4) is 0 Å². The summed E-state index contributed by atoms with van der Waals surface area (Å²) < 4.78 is 1.97. The number of nitrogens with one attached hydrogen (secondary N) is 2. The molecule has 0 aromatic carbocycles. The van der Waals surface area contributed by atoms with Crippen molar-refractivity contribution in [3.8, 4) is 0 Å². The highest BCUT2D eigenvalue weighted by molar-refractivity contribution is 14.0. The van der Waals surface area contributed by atoms with Gasteiger partial charge in [0.05, 0.1) is 0 Å². The van der Waals surface area contributed by atoms with Crippen molar-refractivity contribution in [2.45, 2.75) is 38.5 Å². The van der Waals surface area contributed by atoms with Crippen LogP contribution in [0.15, 0.2) is 4.99 Å². The van der Waals surface area contributed by atoms with Crippen LogP contribution in [0.5, 0.6) is 0 Å². The number of guanidine groups is 1. The van der Waals surface area contributed by atoms with Crippen molar-refractivity contribution < 1.29 is 0 Å². The second-order valence-electron chi connectivity index (χ2n) is 4.93. The molecule has 1 saturated heterocycles. The first-order chi connectivity index (χ1) is 9.70. The molecule has 120 valence electrons. The van der Waals surface area contributed by atoms with Crippen molar-refractivity contribution in [3.63, 3.8) is 0 Å². The minimum Gasteiger partial charge on any atom is -0.357 e. The molecule has 0 amide bonds. The van der Waals surface area contributed by atoms with Gasteiger partial charge in [0.1, 0.15) is 12.4 Å². The number of rotatable bonds is 5. The number of aromatic nitrogens is 3. The molecule has 1 unspecified atom stereocenters. The Bertz CT molecular complexity index is 456. The van der Waals surface area contributed by atoms with Gasteiger partial charge in [-0.25, -0.2) is 4.99 Å². The fourth-order valence-corrected chi connectivity index (χ4v) is 3.30. The normalized spacial score (nSPS) is 18.4. The fourth-order valence-electron chi connectivity index (χ4n) is 2.10. The molecule has 2 N–H and O–H groups in total. The average Bonchev–Trinajstić information content (AvgIpc) is 3.06. The van der Waals surface area contributed by atoms with Gasteiger partial charge < -0.3 is 15.2 Å². The van der Waals surface area contributed by atoms with Crippen molar-refractivity contribution >= 4 is 41.7 Å². The van der Waals surface area contributed by atoms with Crippen LogP contribution in [0.4, 0.5) is 0 Å². The van der Waals surface area contributed by atoms with Crippen LogP contribution in [-0.4, -0.2) is 44.8 Å². The summed E-state index contributed by atoms with van der Waals surface area (Å²) in [5.41, 5.74) is 0. The van der Waals surface area contributed by atoms with Gasteiger partial charge in [-0.1, -0.05) is 0 Å². The Balaban J connectivity index is 0.00000220. The number of aryl methyl sites for hydroxylation is 1. The molecule has 21 heavy (non-hydrogen) atoms. The minimum absolute atomic E-state index is 0. The van der Waals surface area contributed by atoms with E-state index < -0.39 is 0 Å². The summed E-state index contributed by atoms with van der Waals surface area (Å²) in [4.78, 5) is 4.58. The highest BCUT2D eigenvalue weighted by Gasteiger charge is 2.15. The molecule has 2 rings (SSSR count). The molecule has 0 aliphatic carbocycles. The maximum atomic E-state index is 4.58. The van der Waals surface area contributed by atoms with E-state index in [0.29, 0.717) is 6.54 Å². The van der Waals surface area contributed by atoms with Gasteiger partial charge in [-0.15, -0.1) is 34.2 Å². The van der Waals surface area contributed by atoms with Crippen molar-refractivity contribution in [2.75, 3.05) is 18.8 Å². The summed E-state index contributed by atoms with van der Waals surface area (Å²) in [6, 6.07) is 0. The quantitative estimate of drug-likeness (QED) is 0.428. The van der Waals surface area contributed by atoms with Gasteiger partial charge in [0.25, 0.3) is 0 Å². The Kier molecular flexibility index (Phi) is 8.38. The Labute approximate surface area is 148 Å². The van der Waals surface area contributed by atoms with Crippen LogP contribution in [0.25, 0.3) is 0 Å². The van der Waals surface area contributed by atoms with Crippen LogP contribution < -0.4 is 10.6 Å². The molecule has 2 heterocycles. The van der Waals surface area contributed by atoms with Crippen molar-refractivity contribution in [3.05, 3.63) is 11.6 Å². The third-order valence-electron chi connectivity index (χ3n) is 3.43. The van der Waals surface area contributed by atoms with Crippen LogP contribution in [-0.2, 0) is 13.6 Å². The monoisotopic (exact) mass is 424 g/mol. The SMILES string of the molecule is CCNC(=NCc1nnc(C)n1C)NCC1CCCS1.I. The van der Waals surface area contributed by atoms with E-state index in [4.69, 9.17) is 0 Å². The highest BCUT2D eigenvalue weighted by atomic mass is 127. The molecular formula is C13H25IN6S. The lowest BCUT2D eigenvalue weighted by Crippen LogP contribution is -2.40. The van der Waals surface area contributed by atoms with Crippen LogP contribution in [0.2, 0.25) is 0 Å². The van der Waals surface area contributed by atoms with Crippen LogP contribution in [0.1, 0.15) is 31.4 Å². The fraction of sp³-hybridized carbons (Fsp3) is 0.769. The first-order valence-electron chi connectivity index (χ1n) is 7.19. The summed E-state index contributed by atoms with van der Waals surface area (Å²) in [6.45, 7) is 6.41. The van der Waals surface area contributed by atoms with E-state index in [1.54, 1.807) is 0 Å². The number of nitrogens with zero attached hydrogens (tertiary/aromatic N) is 4. The molecule has 1 atom stereocenters. The number of hydrogen-bond acceptors (Lipinski definition) is 4. The van der Waals surface area contributed by atoms with E-state index in [2.05, 4.69) is 44.5 Å². The van der Waals surface area contributed by atoms with E-state index in [-0.39, 0.29) is 24.0 Å². The summed E-state index contributed by atoms with van der Waals surface area (Å²) in [6.07, 6.45) is 2.64. The third-order valence-corrected chi connectivity index (χ3v) is 4.82. The predicted octanol–water partition coefficient (Wildman–Crippen LogP) is 1.69. The molecular weight excluding hydrogens is 399 g/mol. The van der Waals surface area contributed by atoms with E-state index in [9.17, 15) is 0 Å². The molecule has 6 nitrogen and oxygen atoms in total. The molecule has 1 aliphatic heterocycles. The van der Waals surface area contributed by atoms with Crippen LogP contribution in [0, 0.1) is 6.92 Å². The first kappa shape index (κ1) is 18.5. The van der Waals surface area contributed by atoms with Gasteiger partial charge in [0, 0.05) is 25.4 Å². The molecule has 1 aromatic rings. The average molecular weight is 424 g/mol. The van der Waals surface area contributed by atoms with Gasteiger partial charge in [0.15, 0.2) is 11.8 Å². The minimum atomic E-state index is 0. The third kappa shape index (κ3) is 5.65. The molecule has 0 saturated carbocycles. The van der Waals surface area contributed by atoms with Crippen molar-refractivity contribution in [1.82, 2.24) is 25.4 Å². The molecule has 1 aromatic heterocycles. The molecule has 0 spiro atoms. The van der Waals surface area contributed by atoms with E-state index in [1.807, 2.05) is 18.5 Å². The summed E-state index contributed by atoms with van der Waals surface area (Å²) in [5.74, 6) is 3.95. The highest BCUT2D eigenvalue weighted by Crippen LogP contribution is 2.25. The zero-order valence-electron chi connectivity index (χ0n) is 12.9. The largest absolute Gasteiger partial charge is 0.357 e. The van der Waals surface area contributed by atoms with Gasteiger partial charge in [-0.05, 0) is 32.4 Å². The number of thioether (sulfide) groups is 1. The molecule has 8 heteroatoms. The number of aliphatic imine (C=N–C) groups is 1. The smallest absolute Gasteiger partial charge is 0.191 e. The van der Waals surface area contributed by atoms with Crippen molar-refractivity contribution in [2.24, 2.45) is 12.0 Å². The number of halogens is 1. The van der Waals surface area contributed by atoms with Gasteiger partial charge >= 0.3 is 0 Å². The Morgan fingerprint density at radius 1 is 1.43 bits per heavy atom. The zero-order chi connectivity index (χ0) is 14.4. The maximum Gasteiger partial charge on any atom is 0.191 e.